The first-order chi connectivity index (χ1) is 9.46. The van der Waals surface area contributed by atoms with E-state index in [-0.39, 0.29) is 11.6 Å². The highest BCUT2D eigenvalue weighted by molar-refractivity contribution is 8.01. The Labute approximate surface area is 121 Å². The van der Waals surface area contributed by atoms with Crippen LogP contribution >= 0.6 is 11.8 Å². The average molecular weight is 313 g/mol. The summed E-state index contributed by atoms with van der Waals surface area (Å²) in [6.07, 6.45) is 0. The fraction of sp³-hybridized carbons (Fsp3) is 0.250. The molecule has 0 saturated carbocycles. The summed E-state index contributed by atoms with van der Waals surface area (Å²) in [7, 11) is -3.44. The van der Waals surface area contributed by atoms with Crippen LogP contribution in [0.1, 0.15) is 5.76 Å². The van der Waals surface area contributed by atoms with Gasteiger partial charge in [-0.3, -0.25) is 4.72 Å². The molecule has 0 aliphatic heterocycles. The molecule has 108 valence electrons. The Morgan fingerprint density at radius 1 is 1.40 bits per heavy atom. The minimum absolute atomic E-state index is 0.0299. The Kier molecular flexibility index (Phi) is 4.56. The number of sulfonamides is 1. The van der Waals surface area contributed by atoms with Gasteiger partial charge in [-0.15, -0.1) is 11.8 Å². The van der Waals surface area contributed by atoms with Crippen LogP contribution in [-0.4, -0.2) is 25.1 Å². The Morgan fingerprint density at radius 3 is 2.80 bits per heavy atom. The second-order valence-corrected chi connectivity index (χ2v) is 7.11. The number of aryl methyl sites for hydroxylation is 1. The number of hydrogen-bond donors (Lipinski definition) is 2. The molecule has 0 unspecified atom stereocenters. The smallest absolute Gasteiger partial charge is 0.234 e. The van der Waals surface area contributed by atoms with E-state index in [1.807, 2.05) is 18.2 Å². The van der Waals surface area contributed by atoms with E-state index in [9.17, 15) is 8.42 Å². The van der Waals surface area contributed by atoms with Crippen LogP contribution in [0.25, 0.3) is 0 Å². The number of nitrogens with two attached hydrogens (primary N) is 1. The number of nitrogens with zero attached hydrogens (tertiary/aromatic N) is 1. The number of para-hydroxylation sites is 1. The van der Waals surface area contributed by atoms with Crippen LogP contribution in [-0.2, 0) is 10.0 Å². The predicted molar refractivity (Wildman–Crippen MR) is 80.2 cm³/mol. The molecule has 0 aliphatic carbocycles. The number of aromatic nitrogens is 1. The van der Waals surface area contributed by atoms with Gasteiger partial charge in [0, 0.05) is 22.4 Å². The molecule has 1 aromatic carbocycles. The molecule has 1 heterocycles. The van der Waals surface area contributed by atoms with Gasteiger partial charge in [0.05, 0.1) is 5.75 Å². The van der Waals surface area contributed by atoms with Crippen molar-refractivity contribution in [3.05, 3.63) is 36.1 Å². The van der Waals surface area contributed by atoms with Crippen LogP contribution in [0.3, 0.4) is 0 Å². The molecule has 0 fully saturated rings. The van der Waals surface area contributed by atoms with E-state index in [1.165, 1.54) is 17.8 Å². The van der Waals surface area contributed by atoms with Gasteiger partial charge >= 0.3 is 0 Å². The van der Waals surface area contributed by atoms with Gasteiger partial charge in [-0.25, -0.2) is 8.42 Å². The lowest BCUT2D eigenvalue weighted by molar-refractivity contribution is 0.400. The molecule has 0 atom stereocenters. The van der Waals surface area contributed by atoms with E-state index in [0.29, 0.717) is 17.2 Å². The fourth-order valence-electron chi connectivity index (χ4n) is 1.50. The third kappa shape index (κ3) is 4.17. The molecule has 8 heteroatoms. The van der Waals surface area contributed by atoms with Crippen LogP contribution < -0.4 is 10.5 Å². The van der Waals surface area contributed by atoms with Crippen molar-refractivity contribution < 1.29 is 12.9 Å². The highest BCUT2D eigenvalue weighted by atomic mass is 32.2. The first kappa shape index (κ1) is 14.7. The third-order valence-electron chi connectivity index (χ3n) is 2.42. The lowest BCUT2D eigenvalue weighted by atomic mass is 10.3. The van der Waals surface area contributed by atoms with E-state index in [2.05, 4.69) is 9.88 Å². The van der Waals surface area contributed by atoms with Crippen LogP contribution in [0, 0.1) is 6.92 Å². The maximum Gasteiger partial charge on any atom is 0.234 e. The molecule has 2 aromatic rings. The van der Waals surface area contributed by atoms with Gasteiger partial charge < -0.3 is 10.3 Å². The predicted octanol–water partition coefficient (Wildman–Crippen LogP) is 2.10. The molecule has 1 aromatic heterocycles. The second kappa shape index (κ2) is 6.19. The molecule has 0 radical (unpaired) electrons. The van der Waals surface area contributed by atoms with Crippen molar-refractivity contribution in [3.63, 3.8) is 0 Å². The van der Waals surface area contributed by atoms with Gasteiger partial charge in [-0.1, -0.05) is 17.3 Å². The summed E-state index contributed by atoms with van der Waals surface area (Å²) in [5.41, 5.74) is 6.44. The lowest BCUT2D eigenvalue weighted by Gasteiger charge is -2.06. The van der Waals surface area contributed by atoms with Gasteiger partial charge in [-0.05, 0) is 19.1 Å². The topological polar surface area (TPSA) is 98.2 Å². The van der Waals surface area contributed by atoms with E-state index in [1.54, 1.807) is 13.0 Å². The van der Waals surface area contributed by atoms with Gasteiger partial charge in [-0.2, -0.15) is 0 Å². The molecule has 0 spiro atoms. The standard InChI is InChI=1S/C12H15N3O3S2/c1-9-8-12(14-18-9)15-20(16,17)7-6-19-11-5-3-2-4-10(11)13/h2-5,8H,6-7,13H2,1H3,(H,14,15). The SMILES string of the molecule is Cc1cc(NS(=O)(=O)CCSc2ccccc2N)no1. The first-order valence-electron chi connectivity index (χ1n) is 5.87. The van der Waals surface area contributed by atoms with E-state index < -0.39 is 10.0 Å². The number of hydrogen-bond acceptors (Lipinski definition) is 6. The van der Waals surface area contributed by atoms with E-state index >= 15 is 0 Å². The average Bonchev–Trinajstić information content (AvgIpc) is 2.76. The normalized spacial score (nSPS) is 11.4. The molecule has 20 heavy (non-hydrogen) atoms. The molecule has 6 nitrogen and oxygen atoms in total. The first-order valence-corrected chi connectivity index (χ1v) is 8.51. The molecule has 3 N–H and O–H groups in total. The second-order valence-electron chi connectivity index (χ2n) is 4.13. The number of nitrogens with one attached hydrogen (secondary N) is 1. The molecular weight excluding hydrogens is 298 g/mol. The number of anilines is 2. The highest BCUT2D eigenvalue weighted by Crippen LogP contribution is 2.24. The van der Waals surface area contributed by atoms with Crippen molar-refractivity contribution in [2.45, 2.75) is 11.8 Å². The summed E-state index contributed by atoms with van der Waals surface area (Å²) in [5.74, 6) is 1.12. The summed E-state index contributed by atoms with van der Waals surface area (Å²) in [5, 5.41) is 3.59. The summed E-state index contributed by atoms with van der Waals surface area (Å²) in [4.78, 5) is 0.875. The van der Waals surface area contributed by atoms with Gasteiger partial charge in [0.2, 0.25) is 10.0 Å². The zero-order valence-electron chi connectivity index (χ0n) is 10.9. The van der Waals surface area contributed by atoms with Crippen molar-refractivity contribution in [1.82, 2.24) is 5.16 Å². The molecular formula is C12H15N3O3S2. The minimum Gasteiger partial charge on any atom is -0.398 e. The van der Waals surface area contributed by atoms with Crippen LogP contribution in [0.4, 0.5) is 11.5 Å². The number of thioether (sulfide) groups is 1. The van der Waals surface area contributed by atoms with Crippen molar-refractivity contribution in [2.24, 2.45) is 0 Å². The molecule has 0 bridgehead atoms. The summed E-state index contributed by atoms with van der Waals surface area (Å²) < 4.78 is 30.9. The quantitative estimate of drug-likeness (QED) is 0.626. The van der Waals surface area contributed by atoms with Gasteiger partial charge in [0.15, 0.2) is 5.82 Å². The van der Waals surface area contributed by atoms with Gasteiger partial charge in [0.25, 0.3) is 0 Å². The maximum atomic E-state index is 11.8. The van der Waals surface area contributed by atoms with Crippen molar-refractivity contribution >= 4 is 33.3 Å². The molecule has 0 amide bonds. The minimum atomic E-state index is -3.44. The zero-order chi connectivity index (χ0) is 14.6. The number of rotatable bonds is 6. The van der Waals surface area contributed by atoms with Crippen LogP contribution in [0.2, 0.25) is 0 Å². The summed E-state index contributed by atoms with van der Waals surface area (Å²) in [6.45, 7) is 1.69. The third-order valence-corrected chi connectivity index (χ3v) is 5.03. The molecule has 0 saturated heterocycles. The number of nitrogen functional groups attached to an aromatic ring is 1. The van der Waals surface area contributed by atoms with E-state index in [0.717, 1.165) is 4.90 Å². The molecule has 0 aliphatic rings. The Balaban J connectivity index is 1.88. The largest absolute Gasteiger partial charge is 0.398 e. The van der Waals surface area contributed by atoms with Crippen LogP contribution in [0.5, 0.6) is 0 Å². The summed E-state index contributed by atoms with van der Waals surface area (Å²) >= 11 is 1.40. The maximum absolute atomic E-state index is 11.8. The lowest BCUT2D eigenvalue weighted by Crippen LogP contribution is -2.18. The Hall–Kier alpha value is -1.67. The van der Waals surface area contributed by atoms with Crippen LogP contribution in [0.15, 0.2) is 39.8 Å². The molecule has 2 rings (SSSR count). The Bertz CT molecular complexity index is 683. The summed E-state index contributed by atoms with van der Waals surface area (Å²) in [6, 6.07) is 8.88. The van der Waals surface area contributed by atoms with Crippen molar-refractivity contribution in [2.75, 3.05) is 22.0 Å². The highest BCUT2D eigenvalue weighted by Gasteiger charge is 2.13. The van der Waals surface area contributed by atoms with Crippen molar-refractivity contribution in [3.8, 4) is 0 Å². The monoisotopic (exact) mass is 313 g/mol. The van der Waals surface area contributed by atoms with E-state index in [4.69, 9.17) is 10.3 Å². The Morgan fingerprint density at radius 2 is 2.15 bits per heavy atom. The fourth-order valence-corrected chi connectivity index (χ4v) is 3.86. The zero-order valence-corrected chi connectivity index (χ0v) is 12.5. The number of benzene rings is 1. The van der Waals surface area contributed by atoms with Crippen molar-refractivity contribution in [1.29, 1.82) is 0 Å². The van der Waals surface area contributed by atoms with Gasteiger partial charge in [0.1, 0.15) is 5.76 Å².